The lowest BCUT2D eigenvalue weighted by Gasteiger charge is -2.22. The molecule has 0 atom stereocenters. The third-order valence-electron chi connectivity index (χ3n) is 4.75. The average molecular weight is 380 g/mol. The summed E-state index contributed by atoms with van der Waals surface area (Å²) < 4.78 is 5.39. The molecule has 0 saturated carbocycles. The Morgan fingerprint density at radius 3 is 2.04 bits per heavy atom. The van der Waals surface area contributed by atoms with Gasteiger partial charge in [-0.1, -0.05) is 12.1 Å². The molecular weight excluding hydrogens is 356 g/mol. The summed E-state index contributed by atoms with van der Waals surface area (Å²) >= 11 is 0. The molecule has 0 saturated heterocycles. The van der Waals surface area contributed by atoms with Gasteiger partial charge in [0.05, 0.1) is 17.9 Å². The first-order valence-electron chi connectivity index (χ1n) is 9.42. The number of carbonyl (C=O) groups is 2. The van der Waals surface area contributed by atoms with Crippen molar-refractivity contribution in [1.82, 2.24) is 0 Å². The van der Waals surface area contributed by atoms with Gasteiger partial charge in [0, 0.05) is 18.8 Å². The Balaban J connectivity index is 1.88. The predicted molar refractivity (Wildman–Crippen MR) is 110 cm³/mol. The van der Waals surface area contributed by atoms with Gasteiger partial charge in [-0.2, -0.15) is 0 Å². The molecule has 0 aliphatic carbocycles. The van der Waals surface area contributed by atoms with Gasteiger partial charge in [0.1, 0.15) is 5.75 Å². The molecule has 1 aliphatic rings. The fourth-order valence-electron chi connectivity index (χ4n) is 3.30. The van der Waals surface area contributed by atoms with E-state index < -0.39 is 17.6 Å². The second-order valence-corrected chi connectivity index (χ2v) is 6.32. The van der Waals surface area contributed by atoms with Gasteiger partial charge >= 0.3 is 5.91 Å². The van der Waals surface area contributed by atoms with E-state index in [2.05, 4.69) is 18.7 Å². The summed E-state index contributed by atoms with van der Waals surface area (Å²) in [6, 6.07) is 13.9. The second-order valence-electron chi connectivity index (χ2n) is 6.32. The summed E-state index contributed by atoms with van der Waals surface area (Å²) in [5.41, 5.74) is 1.91. The molecule has 0 bridgehead atoms. The van der Waals surface area contributed by atoms with Crippen molar-refractivity contribution in [1.29, 1.82) is 0 Å². The van der Waals surface area contributed by atoms with Crippen LogP contribution in [0.2, 0.25) is 0 Å². The number of aliphatic hydroxyl groups excluding tert-OH is 1. The standard InChI is InChI=1S/C22H24N2O4/c1-4-23(5-2)16-9-11-17(12-10-16)24-21(26)19(20(25)22(24)27)15-7-13-18(14-8-15)28-6-3/h7-14,25H,4-6H2,1-3H3. The molecule has 2 aromatic rings. The molecule has 2 amide bonds. The zero-order valence-electron chi connectivity index (χ0n) is 16.3. The van der Waals surface area contributed by atoms with Crippen LogP contribution in [-0.4, -0.2) is 36.6 Å². The molecule has 0 unspecified atom stereocenters. The number of amides is 2. The van der Waals surface area contributed by atoms with Gasteiger partial charge in [0.25, 0.3) is 5.91 Å². The lowest BCUT2D eigenvalue weighted by atomic mass is 10.1. The molecule has 6 heteroatoms. The van der Waals surface area contributed by atoms with Crippen LogP contribution >= 0.6 is 0 Å². The molecule has 1 N–H and O–H groups in total. The van der Waals surface area contributed by atoms with E-state index >= 15 is 0 Å². The summed E-state index contributed by atoms with van der Waals surface area (Å²) in [5.74, 6) is -1.14. The van der Waals surface area contributed by atoms with E-state index in [4.69, 9.17) is 4.74 Å². The molecule has 146 valence electrons. The number of imide groups is 1. The first-order valence-corrected chi connectivity index (χ1v) is 9.42. The highest BCUT2D eigenvalue weighted by molar-refractivity contribution is 6.44. The zero-order chi connectivity index (χ0) is 20.3. The van der Waals surface area contributed by atoms with Crippen molar-refractivity contribution >= 4 is 28.8 Å². The van der Waals surface area contributed by atoms with Gasteiger partial charge in [-0.3, -0.25) is 9.59 Å². The summed E-state index contributed by atoms with van der Waals surface area (Å²) in [7, 11) is 0. The highest BCUT2D eigenvalue weighted by Gasteiger charge is 2.40. The van der Waals surface area contributed by atoms with Crippen molar-refractivity contribution in [2.45, 2.75) is 20.8 Å². The maximum atomic E-state index is 12.9. The Hall–Kier alpha value is -3.28. The van der Waals surface area contributed by atoms with Crippen molar-refractivity contribution in [2.75, 3.05) is 29.5 Å². The minimum absolute atomic E-state index is 0.000804. The van der Waals surface area contributed by atoms with Crippen molar-refractivity contribution in [3.8, 4) is 5.75 Å². The van der Waals surface area contributed by atoms with Gasteiger partial charge < -0.3 is 14.7 Å². The van der Waals surface area contributed by atoms with Crippen molar-refractivity contribution in [2.24, 2.45) is 0 Å². The summed E-state index contributed by atoms with van der Waals surface area (Å²) in [4.78, 5) is 28.6. The molecule has 0 spiro atoms. The van der Waals surface area contributed by atoms with Gasteiger partial charge in [-0.25, -0.2) is 4.90 Å². The highest BCUT2D eigenvalue weighted by atomic mass is 16.5. The molecule has 3 rings (SSSR count). The fraction of sp³-hybridized carbons (Fsp3) is 0.273. The summed E-state index contributed by atoms with van der Waals surface area (Å²) in [5, 5.41) is 10.3. The molecule has 0 radical (unpaired) electrons. The number of hydrogen-bond acceptors (Lipinski definition) is 5. The third-order valence-corrected chi connectivity index (χ3v) is 4.75. The van der Waals surface area contributed by atoms with Crippen LogP contribution in [0.15, 0.2) is 54.3 Å². The molecule has 28 heavy (non-hydrogen) atoms. The number of anilines is 2. The Morgan fingerprint density at radius 1 is 0.893 bits per heavy atom. The van der Waals surface area contributed by atoms with E-state index in [1.54, 1.807) is 36.4 Å². The zero-order valence-corrected chi connectivity index (χ0v) is 16.3. The minimum atomic E-state index is -0.718. The molecule has 1 heterocycles. The van der Waals surface area contributed by atoms with E-state index in [0.29, 0.717) is 23.6 Å². The Bertz CT molecular complexity index is 897. The quantitative estimate of drug-likeness (QED) is 0.741. The highest BCUT2D eigenvalue weighted by Crippen LogP contribution is 2.33. The molecule has 0 aromatic heterocycles. The van der Waals surface area contributed by atoms with E-state index in [1.807, 2.05) is 19.1 Å². The van der Waals surface area contributed by atoms with E-state index in [1.165, 1.54) is 0 Å². The fourth-order valence-corrected chi connectivity index (χ4v) is 3.30. The number of aliphatic hydroxyl groups is 1. The maximum Gasteiger partial charge on any atom is 0.301 e. The Labute approximate surface area is 164 Å². The van der Waals surface area contributed by atoms with Crippen molar-refractivity contribution in [3.05, 3.63) is 59.9 Å². The smallest absolute Gasteiger partial charge is 0.301 e. The Morgan fingerprint density at radius 2 is 1.50 bits per heavy atom. The minimum Gasteiger partial charge on any atom is -0.502 e. The van der Waals surface area contributed by atoms with E-state index in [9.17, 15) is 14.7 Å². The lowest BCUT2D eigenvalue weighted by Crippen LogP contribution is -2.31. The van der Waals surface area contributed by atoms with Crippen LogP contribution in [0.1, 0.15) is 26.3 Å². The van der Waals surface area contributed by atoms with Gasteiger partial charge in [0.15, 0.2) is 5.76 Å². The first kappa shape index (κ1) is 19.5. The Kier molecular flexibility index (Phi) is 5.68. The van der Waals surface area contributed by atoms with Crippen LogP contribution in [0.5, 0.6) is 5.75 Å². The van der Waals surface area contributed by atoms with Crippen LogP contribution in [0.3, 0.4) is 0 Å². The lowest BCUT2D eigenvalue weighted by molar-refractivity contribution is -0.121. The topological polar surface area (TPSA) is 70.1 Å². The SMILES string of the molecule is CCOc1ccc(C2=C(O)C(=O)N(c3ccc(N(CC)CC)cc3)C2=O)cc1. The van der Waals surface area contributed by atoms with Gasteiger partial charge in [-0.05, 0) is 62.7 Å². The van der Waals surface area contributed by atoms with Crippen LogP contribution in [0.25, 0.3) is 5.57 Å². The van der Waals surface area contributed by atoms with Crippen molar-refractivity contribution in [3.63, 3.8) is 0 Å². The first-order chi connectivity index (χ1) is 13.5. The molecular formula is C22H24N2O4. The largest absolute Gasteiger partial charge is 0.502 e. The monoisotopic (exact) mass is 380 g/mol. The van der Waals surface area contributed by atoms with Gasteiger partial charge in [-0.15, -0.1) is 0 Å². The number of ether oxygens (including phenoxy) is 1. The molecule has 2 aromatic carbocycles. The van der Waals surface area contributed by atoms with E-state index in [-0.39, 0.29) is 5.57 Å². The summed E-state index contributed by atoms with van der Waals surface area (Å²) in [6.45, 7) is 8.27. The number of benzene rings is 2. The average Bonchev–Trinajstić information content (AvgIpc) is 2.93. The molecule has 6 nitrogen and oxygen atoms in total. The maximum absolute atomic E-state index is 12.9. The molecule has 0 fully saturated rings. The van der Waals surface area contributed by atoms with Crippen LogP contribution < -0.4 is 14.5 Å². The molecule has 1 aliphatic heterocycles. The number of nitrogens with zero attached hydrogens (tertiary/aromatic N) is 2. The predicted octanol–water partition coefficient (Wildman–Crippen LogP) is 3.77. The van der Waals surface area contributed by atoms with Crippen LogP contribution in [-0.2, 0) is 9.59 Å². The number of carbonyl (C=O) groups excluding carboxylic acids is 2. The number of rotatable bonds is 7. The second kappa shape index (κ2) is 8.17. The normalized spacial score (nSPS) is 14.0. The van der Waals surface area contributed by atoms with E-state index in [0.717, 1.165) is 23.7 Å². The summed E-state index contributed by atoms with van der Waals surface area (Å²) in [6.07, 6.45) is 0. The van der Waals surface area contributed by atoms with Crippen LogP contribution in [0.4, 0.5) is 11.4 Å². The third kappa shape index (κ3) is 3.45. The van der Waals surface area contributed by atoms with Crippen molar-refractivity contribution < 1.29 is 19.4 Å². The number of hydrogen-bond donors (Lipinski definition) is 1. The van der Waals surface area contributed by atoms with Gasteiger partial charge in [0.2, 0.25) is 0 Å². The van der Waals surface area contributed by atoms with Crippen LogP contribution in [0, 0.1) is 0 Å².